The van der Waals surface area contributed by atoms with Gasteiger partial charge in [0.05, 0.1) is 21.7 Å². The highest BCUT2D eigenvalue weighted by Crippen LogP contribution is 2.38. The minimum Gasteiger partial charge on any atom is -0.366 e. The number of carbonyl (C=O) groups excluding carboxylic acids is 1. The average molecular weight is 571 g/mol. The van der Waals surface area contributed by atoms with E-state index < -0.39 is 50.8 Å². The van der Waals surface area contributed by atoms with E-state index in [1.165, 1.54) is 40.7 Å². The quantitative estimate of drug-likeness (QED) is 0.332. The fraction of sp³-hybridized carbons (Fsp3) is 0.240. The number of hydrogen-bond donors (Lipinski definition) is 1. The third-order valence-corrected chi connectivity index (χ3v) is 7.86. The number of primary amides is 1. The summed E-state index contributed by atoms with van der Waals surface area (Å²) in [7, 11) is -3.71. The number of aromatic nitrogens is 2. The van der Waals surface area contributed by atoms with Gasteiger partial charge in [0.15, 0.2) is 5.82 Å². The van der Waals surface area contributed by atoms with Crippen LogP contribution >= 0.6 is 0 Å². The van der Waals surface area contributed by atoms with Crippen molar-refractivity contribution in [2.45, 2.75) is 30.1 Å². The third kappa shape index (κ3) is 6.28. The highest BCUT2D eigenvalue weighted by molar-refractivity contribution is 7.89. The SMILES string of the molecule is NC(=O)/C(=C/c1ccnc(-c2cc(C(F)(F)F)cc(C(F)(F)F)c2)n1)c1ccc(S(=O)(=O)N2CCCC2)cc1. The number of carbonyl (C=O) groups is 1. The number of nitrogens with zero attached hydrogens (tertiary/aromatic N) is 3. The van der Waals surface area contributed by atoms with Gasteiger partial charge in [0.2, 0.25) is 15.9 Å². The summed E-state index contributed by atoms with van der Waals surface area (Å²) in [6.45, 7) is 0.811. The Hall–Kier alpha value is -3.78. The van der Waals surface area contributed by atoms with Gasteiger partial charge in [-0.1, -0.05) is 12.1 Å². The molecule has 1 amide bonds. The van der Waals surface area contributed by atoms with E-state index in [4.69, 9.17) is 5.73 Å². The van der Waals surface area contributed by atoms with Crippen molar-refractivity contribution in [3.8, 4) is 11.4 Å². The first kappa shape index (κ1) is 28.2. The summed E-state index contributed by atoms with van der Waals surface area (Å²) >= 11 is 0. The first-order valence-corrected chi connectivity index (χ1v) is 12.9. The normalized spacial score (nSPS) is 15.5. The predicted octanol–water partition coefficient (Wildman–Crippen LogP) is 4.99. The van der Waals surface area contributed by atoms with Gasteiger partial charge >= 0.3 is 12.4 Å². The van der Waals surface area contributed by atoms with Crippen LogP contribution in [0.2, 0.25) is 0 Å². The number of amides is 1. The summed E-state index contributed by atoms with van der Waals surface area (Å²) in [6, 6.07) is 7.61. The van der Waals surface area contributed by atoms with E-state index >= 15 is 0 Å². The zero-order valence-electron chi connectivity index (χ0n) is 19.9. The lowest BCUT2D eigenvalue weighted by atomic mass is 10.0. The molecule has 1 aliphatic heterocycles. The van der Waals surface area contributed by atoms with Gasteiger partial charge in [0.25, 0.3) is 0 Å². The molecule has 0 radical (unpaired) electrons. The van der Waals surface area contributed by atoms with Gasteiger partial charge in [-0.2, -0.15) is 30.6 Å². The summed E-state index contributed by atoms with van der Waals surface area (Å²) in [4.78, 5) is 20.0. The summed E-state index contributed by atoms with van der Waals surface area (Å²) in [6.07, 6.45) is -6.32. The van der Waals surface area contributed by atoms with Crippen molar-refractivity contribution in [2.24, 2.45) is 5.73 Å². The number of hydrogen-bond acceptors (Lipinski definition) is 5. The molecular formula is C25H20F6N4O3S. The van der Waals surface area contributed by atoms with Crippen LogP contribution in [0.1, 0.15) is 35.2 Å². The monoisotopic (exact) mass is 570 g/mol. The maximum atomic E-state index is 13.3. The molecule has 7 nitrogen and oxygen atoms in total. The Kier molecular flexibility index (Phi) is 7.54. The standard InChI is InChI=1S/C25H20F6N4O3S/c26-24(27,28)17-11-16(12-18(13-17)25(29,30)31)23-33-8-7-19(34-23)14-21(22(32)36)15-3-5-20(6-4-15)39(37,38)35-9-1-2-10-35/h3-8,11-14H,1-2,9-10H2,(H2,32,36)/b21-14+. The Labute approximate surface area is 219 Å². The number of rotatable bonds is 6. The van der Waals surface area contributed by atoms with Crippen molar-refractivity contribution < 1.29 is 39.6 Å². The topological polar surface area (TPSA) is 106 Å². The van der Waals surface area contributed by atoms with Crippen LogP contribution in [0, 0.1) is 0 Å². The summed E-state index contributed by atoms with van der Waals surface area (Å²) in [5.74, 6) is -1.38. The lowest BCUT2D eigenvalue weighted by Gasteiger charge is -2.15. The Morgan fingerprint density at radius 1 is 0.897 bits per heavy atom. The maximum absolute atomic E-state index is 13.3. The van der Waals surface area contributed by atoms with Crippen LogP contribution in [-0.4, -0.2) is 41.7 Å². The van der Waals surface area contributed by atoms with Gasteiger partial charge in [-0.3, -0.25) is 4.79 Å². The second-order valence-corrected chi connectivity index (χ2v) is 10.6. The zero-order valence-corrected chi connectivity index (χ0v) is 20.7. The molecule has 1 fully saturated rings. The van der Waals surface area contributed by atoms with E-state index in [-0.39, 0.29) is 27.8 Å². The second kappa shape index (κ2) is 10.4. The van der Waals surface area contributed by atoms with Crippen molar-refractivity contribution in [2.75, 3.05) is 13.1 Å². The van der Waals surface area contributed by atoms with Crippen molar-refractivity contribution in [1.29, 1.82) is 0 Å². The first-order valence-electron chi connectivity index (χ1n) is 11.4. The molecule has 0 saturated carbocycles. The number of sulfonamides is 1. The molecule has 2 aromatic carbocycles. The van der Waals surface area contributed by atoms with Gasteiger partial charge in [-0.25, -0.2) is 18.4 Å². The molecule has 1 aliphatic rings. The van der Waals surface area contributed by atoms with E-state index in [9.17, 15) is 39.6 Å². The van der Waals surface area contributed by atoms with Crippen LogP contribution in [0.15, 0.2) is 59.6 Å². The minimum absolute atomic E-state index is 0.00790. The van der Waals surface area contributed by atoms with Crippen LogP contribution in [-0.2, 0) is 27.2 Å². The number of benzene rings is 2. The molecule has 0 unspecified atom stereocenters. The molecule has 1 saturated heterocycles. The van der Waals surface area contributed by atoms with Crippen LogP contribution in [0.25, 0.3) is 23.0 Å². The van der Waals surface area contributed by atoms with Gasteiger partial charge in [0, 0.05) is 30.4 Å². The van der Waals surface area contributed by atoms with E-state index in [0.717, 1.165) is 19.0 Å². The Morgan fingerprint density at radius 2 is 1.46 bits per heavy atom. The van der Waals surface area contributed by atoms with Crippen molar-refractivity contribution >= 4 is 27.6 Å². The van der Waals surface area contributed by atoms with Gasteiger partial charge in [-0.15, -0.1) is 0 Å². The molecule has 2 heterocycles. The van der Waals surface area contributed by atoms with Crippen LogP contribution in [0.4, 0.5) is 26.3 Å². The molecule has 206 valence electrons. The minimum atomic E-state index is -5.05. The Morgan fingerprint density at radius 3 is 1.97 bits per heavy atom. The van der Waals surface area contributed by atoms with Gasteiger partial charge in [-0.05, 0) is 60.9 Å². The molecule has 0 bridgehead atoms. The molecule has 4 rings (SSSR count). The van der Waals surface area contributed by atoms with E-state index in [1.54, 1.807) is 0 Å². The maximum Gasteiger partial charge on any atom is 0.416 e. The molecule has 39 heavy (non-hydrogen) atoms. The lowest BCUT2D eigenvalue weighted by molar-refractivity contribution is -0.143. The van der Waals surface area contributed by atoms with Gasteiger partial charge in [0.1, 0.15) is 0 Å². The molecule has 2 N–H and O–H groups in total. The highest BCUT2D eigenvalue weighted by atomic mass is 32.2. The summed E-state index contributed by atoms with van der Waals surface area (Å²) in [5, 5.41) is 0. The van der Waals surface area contributed by atoms with Crippen molar-refractivity contribution in [3.63, 3.8) is 0 Å². The predicted molar refractivity (Wildman–Crippen MR) is 129 cm³/mol. The molecule has 0 spiro atoms. The van der Waals surface area contributed by atoms with E-state index in [2.05, 4.69) is 9.97 Å². The average Bonchev–Trinajstić information content (AvgIpc) is 3.42. The number of halogens is 6. The molecule has 0 atom stereocenters. The summed E-state index contributed by atoms with van der Waals surface area (Å²) in [5.41, 5.74) is 1.97. The largest absolute Gasteiger partial charge is 0.416 e. The number of nitrogens with two attached hydrogens (primary N) is 1. The van der Waals surface area contributed by atoms with Crippen LogP contribution < -0.4 is 5.73 Å². The molecule has 14 heteroatoms. The van der Waals surface area contributed by atoms with Crippen molar-refractivity contribution in [1.82, 2.24) is 14.3 Å². The second-order valence-electron chi connectivity index (χ2n) is 8.66. The van der Waals surface area contributed by atoms with Gasteiger partial charge < -0.3 is 5.73 Å². The molecule has 1 aromatic heterocycles. The van der Waals surface area contributed by atoms with Crippen molar-refractivity contribution in [3.05, 3.63) is 77.1 Å². The third-order valence-electron chi connectivity index (χ3n) is 5.95. The fourth-order valence-corrected chi connectivity index (χ4v) is 5.52. The lowest BCUT2D eigenvalue weighted by Crippen LogP contribution is -2.27. The molecule has 3 aromatic rings. The Balaban J connectivity index is 1.72. The molecule has 0 aliphatic carbocycles. The fourth-order valence-electron chi connectivity index (χ4n) is 4.00. The Bertz CT molecular complexity index is 1500. The smallest absolute Gasteiger partial charge is 0.366 e. The molecular weight excluding hydrogens is 550 g/mol. The van der Waals surface area contributed by atoms with E-state index in [0.29, 0.717) is 25.2 Å². The highest BCUT2D eigenvalue weighted by Gasteiger charge is 2.37. The van der Waals surface area contributed by atoms with Crippen LogP contribution in [0.3, 0.4) is 0 Å². The van der Waals surface area contributed by atoms with E-state index in [1.807, 2.05) is 0 Å². The first-order chi connectivity index (χ1) is 18.2. The zero-order chi connectivity index (χ0) is 28.6. The summed E-state index contributed by atoms with van der Waals surface area (Å²) < 4.78 is 106. The van der Waals surface area contributed by atoms with Crippen LogP contribution in [0.5, 0.6) is 0 Å². The number of alkyl halides is 6.